The van der Waals surface area contributed by atoms with E-state index in [2.05, 4.69) is 5.32 Å². The van der Waals surface area contributed by atoms with Crippen LogP contribution in [0.3, 0.4) is 0 Å². The number of carbonyl (C=O) groups excluding carboxylic acids is 1. The van der Waals surface area contributed by atoms with E-state index in [1.54, 1.807) is 36.4 Å². The van der Waals surface area contributed by atoms with Crippen molar-refractivity contribution < 1.29 is 22.7 Å². The molecule has 3 atom stereocenters. The first kappa shape index (κ1) is 21.5. The number of methoxy groups -OCH3 is 2. The van der Waals surface area contributed by atoms with Crippen molar-refractivity contribution in [1.29, 1.82) is 0 Å². The first-order chi connectivity index (χ1) is 14.9. The van der Waals surface area contributed by atoms with Gasteiger partial charge in [0, 0.05) is 6.04 Å². The fourth-order valence-electron chi connectivity index (χ4n) is 4.81. The van der Waals surface area contributed by atoms with Crippen LogP contribution in [0.4, 0.5) is 5.69 Å². The second-order valence-corrected chi connectivity index (χ2v) is 10.1. The Morgan fingerprint density at radius 1 is 1.03 bits per heavy atom. The minimum atomic E-state index is -4.01. The molecule has 1 amide bonds. The Kier molecular flexibility index (Phi) is 6.09. The summed E-state index contributed by atoms with van der Waals surface area (Å²) in [6.45, 7) is -0.317. The highest BCUT2D eigenvalue weighted by Gasteiger charge is 2.40. The van der Waals surface area contributed by atoms with Gasteiger partial charge in [0.2, 0.25) is 5.91 Å². The Morgan fingerprint density at radius 2 is 1.77 bits per heavy atom. The summed E-state index contributed by atoms with van der Waals surface area (Å²) in [6, 6.07) is 13.1. The van der Waals surface area contributed by atoms with E-state index in [9.17, 15) is 13.2 Å². The monoisotopic (exact) mass is 444 g/mol. The number of amides is 1. The van der Waals surface area contributed by atoms with E-state index in [1.165, 1.54) is 32.8 Å². The predicted octanol–water partition coefficient (Wildman–Crippen LogP) is 3.20. The molecule has 166 valence electrons. The minimum absolute atomic E-state index is 0.0759. The summed E-state index contributed by atoms with van der Waals surface area (Å²) >= 11 is 0. The Morgan fingerprint density at radius 3 is 2.39 bits per heavy atom. The van der Waals surface area contributed by atoms with Crippen LogP contribution in [-0.4, -0.2) is 41.1 Å². The van der Waals surface area contributed by atoms with E-state index in [1.807, 2.05) is 0 Å². The number of anilines is 1. The van der Waals surface area contributed by atoms with E-state index in [4.69, 9.17) is 9.47 Å². The highest BCUT2D eigenvalue weighted by molar-refractivity contribution is 7.92. The molecule has 2 saturated carbocycles. The average molecular weight is 445 g/mol. The van der Waals surface area contributed by atoms with Crippen molar-refractivity contribution in [3.8, 4) is 11.5 Å². The number of carbonyl (C=O) groups is 1. The molecule has 0 spiro atoms. The van der Waals surface area contributed by atoms with E-state index in [-0.39, 0.29) is 23.4 Å². The summed E-state index contributed by atoms with van der Waals surface area (Å²) in [5, 5.41) is 3.08. The summed E-state index contributed by atoms with van der Waals surface area (Å²) in [6.07, 6.45) is 4.51. The van der Waals surface area contributed by atoms with E-state index in [0.29, 0.717) is 29.0 Å². The lowest BCUT2D eigenvalue weighted by atomic mass is 9.95. The third-order valence-electron chi connectivity index (χ3n) is 6.37. The molecule has 0 aliphatic heterocycles. The number of ether oxygens (including phenoxy) is 2. The molecule has 0 heterocycles. The zero-order chi connectivity index (χ0) is 22.0. The molecule has 0 unspecified atom stereocenters. The normalized spacial score (nSPS) is 22.2. The fraction of sp³-hybridized carbons (Fsp3) is 0.435. The summed E-state index contributed by atoms with van der Waals surface area (Å²) in [5.74, 6) is 1.82. The summed E-state index contributed by atoms with van der Waals surface area (Å²) < 4.78 is 38.7. The van der Waals surface area contributed by atoms with Crippen LogP contribution in [0.5, 0.6) is 11.5 Å². The summed E-state index contributed by atoms with van der Waals surface area (Å²) in [4.78, 5) is 13.0. The van der Waals surface area contributed by atoms with Gasteiger partial charge in [-0.05, 0) is 67.5 Å². The van der Waals surface area contributed by atoms with Gasteiger partial charge in [0.1, 0.15) is 18.0 Å². The van der Waals surface area contributed by atoms with Crippen LogP contribution in [-0.2, 0) is 14.8 Å². The Hall–Kier alpha value is -2.74. The van der Waals surface area contributed by atoms with Crippen molar-refractivity contribution in [3.05, 3.63) is 48.5 Å². The number of benzene rings is 2. The van der Waals surface area contributed by atoms with Crippen molar-refractivity contribution in [3.63, 3.8) is 0 Å². The molecule has 0 saturated heterocycles. The molecular formula is C23H28N2O5S. The predicted molar refractivity (Wildman–Crippen MR) is 118 cm³/mol. The maximum atomic E-state index is 13.6. The highest BCUT2D eigenvalue weighted by atomic mass is 32.2. The topological polar surface area (TPSA) is 84.9 Å². The van der Waals surface area contributed by atoms with Crippen LogP contribution >= 0.6 is 0 Å². The molecule has 2 aliphatic carbocycles. The quantitative estimate of drug-likeness (QED) is 0.676. The Labute approximate surface area is 183 Å². The number of fused-ring (bicyclic) bond motifs is 2. The van der Waals surface area contributed by atoms with Gasteiger partial charge in [-0.1, -0.05) is 18.6 Å². The van der Waals surface area contributed by atoms with Gasteiger partial charge in [0.15, 0.2) is 0 Å². The molecule has 1 N–H and O–H groups in total. The highest BCUT2D eigenvalue weighted by Crippen LogP contribution is 2.44. The fourth-order valence-corrected chi connectivity index (χ4v) is 6.25. The van der Waals surface area contributed by atoms with E-state index in [0.717, 1.165) is 23.6 Å². The minimum Gasteiger partial charge on any atom is -0.497 e. The smallest absolute Gasteiger partial charge is 0.264 e. The molecule has 2 aromatic carbocycles. The third kappa shape index (κ3) is 4.35. The van der Waals surface area contributed by atoms with Crippen molar-refractivity contribution >= 4 is 21.6 Å². The number of rotatable bonds is 8. The van der Waals surface area contributed by atoms with Crippen molar-refractivity contribution in [2.75, 3.05) is 25.1 Å². The van der Waals surface area contributed by atoms with Gasteiger partial charge in [-0.2, -0.15) is 0 Å². The van der Waals surface area contributed by atoms with Gasteiger partial charge in [-0.3, -0.25) is 9.10 Å². The standard InChI is InChI=1S/C23H28N2O5S/c1-29-18-9-11-19(12-10-18)31(27,28)25(21-5-3-4-6-22(21)30-2)15-23(26)24-20-14-16-7-8-17(20)13-16/h3-6,9-12,16-17,20H,7-8,13-15H2,1-2H3,(H,24,26)/t16-,17-,20+/m0/s1. The zero-order valence-corrected chi connectivity index (χ0v) is 18.6. The van der Waals surface area contributed by atoms with Crippen molar-refractivity contribution in [2.45, 2.75) is 36.6 Å². The van der Waals surface area contributed by atoms with Crippen LogP contribution in [0.2, 0.25) is 0 Å². The lowest BCUT2D eigenvalue weighted by Crippen LogP contribution is -2.46. The SMILES string of the molecule is COc1ccc(S(=O)(=O)N(CC(=O)N[C@@H]2C[C@H]3CC[C@H]2C3)c2ccccc2OC)cc1. The molecule has 7 nitrogen and oxygen atoms in total. The maximum absolute atomic E-state index is 13.6. The number of para-hydroxylation sites is 2. The number of sulfonamides is 1. The van der Waals surface area contributed by atoms with Crippen LogP contribution in [0.15, 0.2) is 53.4 Å². The molecule has 8 heteroatoms. The summed E-state index contributed by atoms with van der Waals surface area (Å²) in [7, 11) is -1.02. The number of nitrogens with zero attached hydrogens (tertiary/aromatic N) is 1. The van der Waals surface area contributed by atoms with Crippen molar-refractivity contribution in [1.82, 2.24) is 5.32 Å². The van der Waals surface area contributed by atoms with E-state index >= 15 is 0 Å². The molecule has 31 heavy (non-hydrogen) atoms. The molecule has 4 rings (SSSR count). The van der Waals surface area contributed by atoms with Gasteiger partial charge in [-0.15, -0.1) is 0 Å². The van der Waals surface area contributed by atoms with Gasteiger partial charge >= 0.3 is 0 Å². The summed E-state index contributed by atoms with van der Waals surface area (Å²) in [5.41, 5.74) is 0.323. The lowest BCUT2D eigenvalue weighted by Gasteiger charge is -2.28. The first-order valence-corrected chi connectivity index (χ1v) is 12.0. The number of nitrogens with one attached hydrogen (secondary N) is 1. The second-order valence-electron chi connectivity index (χ2n) is 8.21. The van der Waals surface area contributed by atoms with Gasteiger partial charge < -0.3 is 14.8 Å². The number of hydrogen-bond acceptors (Lipinski definition) is 5. The average Bonchev–Trinajstić information content (AvgIpc) is 3.40. The molecule has 2 bridgehead atoms. The van der Waals surface area contributed by atoms with Crippen molar-refractivity contribution in [2.24, 2.45) is 11.8 Å². The van der Waals surface area contributed by atoms with Crippen LogP contribution < -0.4 is 19.1 Å². The third-order valence-corrected chi connectivity index (χ3v) is 8.15. The van der Waals surface area contributed by atoms with Gasteiger partial charge in [0.25, 0.3) is 10.0 Å². The van der Waals surface area contributed by atoms with E-state index < -0.39 is 10.0 Å². The molecule has 2 aliphatic rings. The van der Waals surface area contributed by atoms with Gasteiger partial charge in [-0.25, -0.2) is 8.42 Å². The maximum Gasteiger partial charge on any atom is 0.264 e. The van der Waals surface area contributed by atoms with Crippen LogP contribution in [0.25, 0.3) is 0 Å². The molecule has 2 aromatic rings. The zero-order valence-electron chi connectivity index (χ0n) is 17.8. The molecule has 0 aromatic heterocycles. The largest absolute Gasteiger partial charge is 0.497 e. The first-order valence-electron chi connectivity index (χ1n) is 10.5. The number of hydrogen-bond donors (Lipinski definition) is 1. The van der Waals surface area contributed by atoms with Crippen LogP contribution in [0, 0.1) is 11.8 Å². The van der Waals surface area contributed by atoms with Crippen LogP contribution in [0.1, 0.15) is 25.7 Å². The Bertz CT molecular complexity index is 1040. The Balaban J connectivity index is 1.63. The van der Waals surface area contributed by atoms with Gasteiger partial charge in [0.05, 0.1) is 24.8 Å². The molecular weight excluding hydrogens is 416 g/mol. The molecule has 2 fully saturated rings. The lowest BCUT2D eigenvalue weighted by molar-refractivity contribution is -0.120. The molecule has 0 radical (unpaired) electrons. The second kappa shape index (κ2) is 8.78.